The van der Waals surface area contributed by atoms with E-state index in [4.69, 9.17) is 9.47 Å². The molecule has 0 bridgehead atoms. The lowest BCUT2D eigenvalue weighted by molar-refractivity contribution is -0.122. The molecule has 2 heterocycles. The highest BCUT2D eigenvalue weighted by atomic mass is 32.1. The molecule has 0 aliphatic carbocycles. The molecular weight excluding hydrogens is 364 g/mol. The van der Waals surface area contributed by atoms with Gasteiger partial charge < -0.3 is 9.47 Å². The molecule has 146 valence electrons. The Balaban J connectivity index is 1.60. The number of amides is 1. The number of aromatic nitrogens is 2. The molecule has 1 amide bonds. The van der Waals surface area contributed by atoms with Gasteiger partial charge in [-0.05, 0) is 44.9 Å². The summed E-state index contributed by atoms with van der Waals surface area (Å²) < 4.78 is 11.4. The molecule has 8 heteroatoms. The number of nitrogens with zero attached hydrogens (tertiary/aromatic N) is 3. The second-order valence-electron chi connectivity index (χ2n) is 6.72. The highest BCUT2D eigenvalue weighted by Crippen LogP contribution is 2.29. The molecule has 2 atom stereocenters. The third-order valence-electron chi connectivity index (χ3n) is 4.85. The molecule has 27 heavy (non-hydrogen) atoms. The molecule has 0 saturated carbocycles. The van der Waals surface area contributed by atoms with Crippen molar-refractivity contribution in [1.82, 2.24) is 15.1 Å². The van der Waals surface area contributed by atoms with Crippen molar-refractivity contribution in [2.75, 3.05) is 31.6 Å². The van der Waals surface area contributed by atoms with Gasteiger partial charge in [-0.2, -0.15) is 0 Å². The standard InChI is InChI=1S/C19H26N4O3S/c1-12-6-5-7-16(13(12)2)26-15(4)18-21-22-19(27-18)20-17(24)14(3)23-8-10-25-11-9-23/h5-7,14-15H,8-11H2,1-4H3,(H,20,22,24)/t14-,15-/m0/s1. The van der Waals surface area contributed by atoms with Crippen molar-refractivity contribution in [3.8, 4) is 5.75 Å². The normalized spacial score (nSPS) is 17.3. The van der Waals surface area contributed by atoms with Crippen molar-refractivity contribution in [3.05, 3.63) is 34.3 Å². The van der Waals surface area contributed by atoms with Gasteiger partial charge in [0.2, 0.25) is 11.0 Å². The summed E-state index contributed by atoms with van der Waals surface area (Å²) in [6.07, 6.45) is -0.245. The Morgan fingerprint density at radius 3 is 2.74 bits per heavy atom. The van der Waals surface area contributed by atoms with Gasteiger partial charge in [-0.25, -0.2) is 0 Å². The molecule has 2 aromatic rings. The fourth-order valence-electron chi connectivity index (χ4n) is 2.88. The number of nitrogens with one attached hydrogen (secondary N) is 1. The van der Waals surface area contributed by atoms with Crippen molar-refractivity contribution in [2.24, 2.45) is 0 Å². The summed E-state index contributed by atoms with van der Waals surface area (Å²) in [5.74, 6) is 0.756. The predicted molar refractivity (Wildman–Crippen MR) is 105 cm³/mol. The first kappa shape index (κ1) is 19.7. The first-order valence-corrected chi connectivity index (χ1v) is 9.96. The molecule has 1 aromatic carbocycles. The Morgan fingerprint density at radius 2 is 2.00 bits per heavy atom. The van der Waals surface area contributed by atoms with Crippen LogP contribution in [0.25, 0.3) is 0 Å². The highest BCUT2D eigenvalue weighted by Gasteiger charge is 2.24. The number of hydrogen-bond acceptors (Lipinski definition) is 7. The van der Waals surface area contributed by atoms with Crippen LogP contribution in [0.1, 0.15) is 36.1 Å². The summed E-state index contributed by atoms with van der Waals surface area (Å²) in [6.45, 7) is 10.8. The van der Waals surface area contributed by atoms with Crippen LogP contribution in [0.15, 0.2) is 18.2 Å². The summed E-state index contributed by atoms with van der Waals surface area (Å²) in [4.78, 5) is 14.6. The minimum absolute atomic E-state index is 0.0808. The minimum atomic E-state index is -0.245. The van der Waals surface area contributed by atoms with Crippen molar-refractivity contribution in [3.63, 3.8) is 0 Å². The predicted octanol–water partition coefficient (Wildman–Crippen LogP) is 2.95. The van der Waals surface area contributed by atoms with E-state index in [9.17, 15) is 4.79 Å². The van der Waals surface area contributed by atoms with E-state index in [1.165, 1.54) is 16.9 Å². The second kappa shape index (κ2) is 8.77. The molecule has 7 nitrogen and oxygen atoms in total. The average molecular weight is 391 g/mol. The molecule has 1 aromatic heterocycles. The Morgan fingerprint density at radius 1 is 1.26 bits per heavy atom. The van der Waals surface area contributed by atoms with Crippen molar-refractivity contribution in [1.29, 1.82) is 0 Å². The lowest BCUT2D eigenvalue weighted by Gasteiger charge is -2.31. The molecule has 1 aliphatic rings. The number of morpholine rings is 1. The van der Waals surface area contributed by atoms with Crippen LogP contribution in [0.5, 0.6) is 5.75 Å². The average Bonchev–Trinajstić information content (AvgIpc) is 3.14. The molecule has 1 fully saturated rings. The van der Waals surface area contributed by atoms with Gasteiger partial charge in [0.1, 0.15) is 11.9 Å². The zero-order chi connectivity index (χ0) is 19.4. The van der Waals surface area contributed by atoms with Crippen molar-refractivity contribution < 1.29 is 14.3 Å². The van der Waals surface area contributed by atoms with Crippen LogP contribution < -0.4 is 10.1 Å². The third kappa shape index (κ3) is 4.82. The molecule has 1 aliphatic heterocycles. The van der Waals surface area contributed by atoms with Crippen LogP contribution in [-0.2, 0) is 9.53 Å². The monoisotopic (exact) mass is 390 g/mol. The first-order valence-electron chi connectivity index (χ1n) is 9.14. The van der Waals surface area contributed by atoms with E-state index >= 15 is 0 Å². The number of hydrogen-bond donors (Lipinski definition) is 1. The summed E-state index contributed by atoms with van der Waals surface area (Å²) in [6, 6.07) is 5.75. The quantitative estimate of drug-likeness (QED) is 0.817. The van der Waals surface area contributed by atoms with Crippen molar-refractivity contribution >= 4 is 22.4 Å². The summed E-state index contributed by atoms with van der Waals surface area (Å²) in [5.41, 5.74) is 2.30. The maximum absolute atomic E-state index is 12.5. The highest BCUT2D eigenvalue weighted by molar-refractivity contribution is 7.15. The zero-order valence-corrected chi connectivity index (χ0v) is 17.0. The number of carbonyl (C=O) groups excluding carboxylic acids is 1. The van der Waals surface area contributed by atoms with Gasteiger partial charge in [0.15, 0.2) is 5.01 Å². The first-order chi connectivity index (χ1) is 13.0. The van der Waals surface area contributed by atoms with E-state index in [1.54, 1.807) is 0 Å². The van der Waals surface area contributed by atoms with Gasteiger partial charge in [0, 0.05) is 13.1 Å². The van der Waals surface area contributed by atoms with E-state index in [2.05, 4.69) is 33.4 Å². The number of rotatable bonds is 6. The van der Waals surface area contributed by atoms with Gasteiger partial charge in [0.05, 0.1) is 19.3 Å². The molecule has 1 N–H and O–H groups in total. The van der Waals surface area contributed by atoms with Crippen LogP contribution >= 0.6 is 11.3 Å². The number of anilines is 1. The smallest absolute Gasteiger partial charge is 0.243 e. The van der Waals surface area contributed by atoms with Crippen molar-refractivity contribution in [2.45, 2.75) is 39.8 Å². The van der Waals surface area contributed by atoms with Gasteiger partial charge in [-0.1, -0.05) is 23.5 Å². The maximum atomic E-state index is 12.5. The van der Waals surface area contributed by atoms with E-state index in [0.717, 1.165) is 29.4 Å². The number of carbonyl (C=O) groups is 1. The van der Waals surface area contributed by atoms with Gasteiger partial charge >= 0.3 is 0 Å². The zero-order valence-electron chi connectivity index (χ0n) is 16.2. The topological polar surface area (TPSA) is 76.6 Å². The number of benzene rings is 1. The minimum Gasteiger partial charge on any atom is -0.483 e. The molecule has 1 saturated heterocycles. The summed E-state index contributed by atoms with van der Waals surface area (Å²) >= 11 is 1.34. The molecule has 0 radical (unpaired) electrons. The fraction of sp³-hybridized carbons (Fsp3) is 0.526. The Bertz CT molecular complexity index is 789. The number of aryl methyl sites for hydroxylation is 1. The largest absolute Gasteiger partial charge is 0.483 e. The lowest BCUT2D eigenvalue weighted by Crippen LogP contribution is -2.47. The molecular formula is C19H26N4O3S. The Hall–Kier alpha value is -2.03. The van der Waals surface area contributed by atoms with Crippen LogP contribution in [0.4, 0.5) is 5.13 Å². The third-order valence-corrected chi connectivity index (χ3v) is 5.85. The molecule has 0 unspecified atom stereocenters. The van der Waals surface area contributed by atoms with Gasteiger partial charge in [-0.3, -0.25) is 15.0 Å². The maximum Gasteiger partial charge on any atom is 0.243 e. The van der Waals surface area contributed by atoms with E-state index in [0.29, 0.717) is 18.3 Å². The van der Waals surface area contributed by atoms with Crippen LogP contribution in [0, 0.1) is 13.8 Å². The number of ether oxygens (including phenoxy) is 2. The van der Waals surface area contributed by atoms with E-state index in [-0.39, 0.29) is 18.1 Å². The van der Waals surface area contributed by atoms with Gasteiger partial charge in [0.25, 0.3) is 0 Å². The summed E-state index contributed by atoms with van der Waals surface area (Å²) in [5, 5.41) is 12.4. The van der Waals surface area contributed by atoms with Crippen LogP contribution in [0.2, 0.25) is 0 Å². The SMILES string of the molecule is Cc1cccc(O[C@@H](C)c2nnc(NC(=O)[C@H](C)N3CCOCC3)s2)c1C. The second-order valence-corrected chi connectivity index (χ2v) is 7.73. The van der Waals surface area contributed by atoms with Gasteiger partial charge in [-0.15, -0.1) is 10.2 Å². The Kier molecular flexibility index (Phi) is 6.41. The summed E-state index contributed by atoms with van der Waals surface area (Å²) in [7, 11) is 0. The van der Waals surface area contributed by atoms with Crippen LogP contribution in [-0.4, -0.2) is 53.3 Å². The molecule has 3 rings (SSSR count). The Labute approximate surface area is 163 Å². The van der Waals surface area contributed by atoms with E-state index < -0.39 is 0 Å². The molecule has 0 spiro atoms. The van der Waals surface area contributed by atoms with E-state index in [1.807, 2.05) is 32.9 Å². The fourth-order valence-corrected chi connectivity index (χ4v) is 3.61. The van der Waals surface area contributed by atoms with Crippen LogP contribution in [0.3, 0.4) is 0 Å². The lowest BCUT2D eigenvalue weighted by atomic mass is 10.1.